The van der Waals surface area contributed by atoms with Crippen molar-refractivity contribution in [2.75, 3.05) is 20.3 Å². The van der Waals surface area contributed by atoms with E-state index in [2.05, 4.69) is 26.8 Å². The predicted molar refractivity (Wildman–Crippen MR) is 89.4 cm³/mol. The van der Waals surface area contributed by atoms with Gasteiger partial charge in [-0.3, -0.25) is 0 Å². The van der Waals surface area contributed by atoms with Gasteiger partial charge in [0.15, 0.2) is 0 Å². The van der Waals surface area contributed by atoms with Crippen LogP contribution in [-0.4, -0.2) is 31.0 Å². The number of fused-ring (bicyclic) bond motifs is 3. The number of methoxy groups -OCH3 is 1. The third-order valence-corrected chi connectivity index (χ3v) is 5.00. The molecule has 0 saturated heterocycles. The number of phenols is 1. The lowest BCUT2D eigenvalue weighted by Crippen LogP contribution is -2.45. The van der Waals surface area contributed by atoms with Crippen molar-refractivity contribution in [2.45, 2.75) is 45.1 Å². The number of hydrogen-bond acceptors (Lipinski definition) is 4. The molecule has 0 radical (unpaired) electrons. The van der Waals surface area contributed by atoms with Gasteiger partial charge in [0.1, 0.15) is 29.5 Å². The van der Waals surface area contributed by atoms with Crippen LogP contribution in [0.4, 0.5) is 0 Å². The number of hydrogen-bond donors (Lipinski definition) is 1. The Morgan fingerprint density at radius 3 is 2.83 bits per heavy atom. The van der Waals surface area contributed by atoms with Crippen LogP contribution in [0.1, 0.15) is 45.1 Å². The van der Waals surface area contributed by atoms with Crippen molar-refractivity contribution in [1.82, 2.24) is 0 Å². The van der Waals surface area contributed by atoms with E-state index in [0.29, 0.717) is 24.9 Å². The normalized spacial score (nSPS) is 25.0. The molecule has 2 aliphatic rings. The van der Waals surface area contributed by atoms with E-state index >= 15 is 0 Å². The molecule has 126 valence electrons. The van der Waals surface area contributed by atoms with E-state index in [1.807, 2.05) is 6.07 Å². The summed E-state index contributed by atoms with van der Waals surface area (Å²) in [6.45, 7) is 7.40. The van der Waals surface area contributed by atoms with Crippen molar-refractivity contribution < 1.29 is 19.3 Å². The van der Waals surface area contributed by atoms with Gasteiger partial charge in [-0.05, 0) is 33.6 Å². The molecular formula is C19H26O4. The summed E-state index contributed by atoms with van der Waals surface area (Å²) < 4.78 is 16.9. The molecule has 1 unspecified atom stereocenters. The zero-order chi connectivity index (χ0) is 16.6. The van der Waals surface area contributed by atoms with Crippen molar-refractivity contribution >= 4 is 0 Å². The van der Waals surface area contributed by atoms with Crippen LogP contribution >= 0.6 is 0 Å². The summed E-state index contributed by atoms with van der Waals surface area (Å²) in [6.07, 6.45) is 4.48. The highest BCUT2D eigenvalue weighted by Gasteiger charge is 2.45. The maximum Gasteiger partial charge on any atom is 0.131 e. The second-order valence-electron chi connectivity index (χ2n) is 7.08. The van der Waals surface area contributed by atoms with Gasteiger partial charge in [-0.25, -0.2) is 0 Å². The molecule has 0 saturated carbocycles. The van der Waals surface area contributed by atoms with Gasteiger partial charge in [0.2, 0.25) is 0 Å². The molecule has 23 heavy (non-hydrogen) atoms. The topological polar surface area (TPSA) is 47.9 Å². The first-order chi connectivity index (χ1) is 10.9. The van der Waals surface area contributed by atoms with E-state index in [0.717, 1.165) is 24.2 Å². The Bertz CT molecular complexity index is 618. The summed E-state index contributed by atoms with van der Waals surface area (Å²) >= 11 is 0. The van der Waals surface area contributed by atoms with Gasteiger partial charge in [0.05, 0.1) is 6.61 Å². The number of ether oxygens (including phenoxy) is 3. The van der Waals surface area contributed by atoms with Crippen LogP contribution < -0.4 is 9.47 Å². The van der Waals surface area contributed by atoms with Crippen molar-refractivity contribution in [3.8, 4) is 17.2 Å². The van der Waals surface area contributed by atoms with Gasteiger partial charge in [-0.2, -0.15) is 0 Å². The summed E-state index contributed by atoms with van der Waals surface area (Å²) in [5, 5.41) is 10.6. The lowest BCUT2D eigenvalue weighted by atomic mass is 9.68. The zero-order valence-electron chi connectivity index (χ0n) is 14.4. The van der Waals surface area contributed by atoms with Crippen molar-refractivity contribution in [3.05, 3.63) is 29.3 Å². The third kappa shape index (κ3) is 3.05. The first kappa shape index (κ1) is 16.2. The lowest BCUT2D eigenvalue weighted by molar-refractivity contribution is 0.0105. The molecule has 1 aliphatic carbocycles. The second kappa shape index (κ2) is 6.08. The highest BCUT2D eigenvalue weighted by molar-refractivity contribution is 5.55. The van der Waals surface area contributed by atoms with Gasteiger partial charge in [0, 0.05) is 36.6 Å². The highest BCUT2D eigenvalue weighted by Crippen LogP contribution is 2.54. The monoisotopic (exact) mass is 318 g/mol. The second-order valence-corrected chi connectivity index (χ2v) is 7.08. The number of rotatable bonds is 4. The smallest absolute Gasteiger partial charge is 0.131 e. The maximum atomic E-state index is 10.6. The van der Waals surface area contributed by atoms with Crippen LogP contribution in [-0.2, 0) is 4.74 Å². The molecule has 1 heterocycles. The number of allylic oxidation sites excluding steroid dienone is 2. The van der Waals surface area contributed by atoms with E-state index in [4.69, 9.17) is 14.2 Å². The summed E-state index contributed by atoms with van der Waals surface area (Å²) in [5.74, 6) is 2.19. The first-order valence-electron chi connectivity index (χ1n) is 8.27. The van der Waals surface area contributed by atoms with Gasteiger partial charge in [0.25, 0.3) is 0 Å². The average molecular weight is 318 g/mol. The molecule has 0 aromatic heterocycles. The molecule has 1 aromatic rings. The van der Waals surface area contributed by atoms with Crippen molar-refractivity contribution in [3.63, 3.8) is 0 Å². The van der Waals surface area contributed by atoms with E-state index in [-0.39, 0.29) is 17.3 Å². The Balaban J connectivity index is 1.99. The molecule has 1 N–H and O–H groups in total. The first-order valence-corrected chi connectivity index (χ1v) is 8.27. The zero-order valence-corrected chi connectivity index (χ0v) is 14.4. The van der Waals surface area contributed by atoms with Crippen LogP contribution in [0.15, 0.2) is 23.8 Å². The number of phenolic OH excluding ortho intramolecular Hbond substituents is 1. The Labute approximate surface area is 138 Å². The molecule has 0 fully saturated rings. The minimum absolute atomic E-state index is 0.204. The van der Waals surface area contributed by atoms with E-state index in [1.54, 1.807) is 13.2 Å². The Hall–Kier alpha value is -1.68. The Morgan fingerprint density at radius 1 is 1.30 bits per heavy atom. The highest BCUT2D eigenvalue weighted by atomic mass is 16.5. The van der Waals surface area contributed by atoms with Gasteiger partial charge < -0.3 is 19.3 Å². The summed E-state index contributed by atoms with van der Waals surface area (Å²) in [5.41, 5.74) is 2.02. The Morgan fingerprint density at radius 2 is 2.09 bits per heavy atom. The Kier molecular flexibility index (Phi) is 4.28. The van der Waals surface area contributed by atoms with Crippen LogP contribution in [0, 0.1) is 5.92 Å². The maximum absolute atomic E-state index is 10.6. The minimum atomic E-state index is -0.257. The summed E-state index contributed by atoms with van der Waals surface area (Å²) in [4.78, 5) is 0. The van der Waals surface area contributed by atoms with Gasteiger partial charge >= 0.3 is 0 Å². The molecule has 4 heteroatoms. The molecule has 0 spiro atoms. The minimum Gasteiger partial charge on any atom is -0.507 e. The molecule has 0 bridgehead atoms. The largest absolute Gasteiger partial charge is 0.507 e. The summed E-state index contributed by atoms with van der Waals surface area (Å²) in [6, 6.07) is 3.57. The van der Waals surface area contributed by atoms with E-state index < -0.39 is 0 Å². The molecule has 0 amide bonds. The lowest BCUT2D eigenvalue weighted by Gasteiger charge is -2.46. The SMILES string of the molecule is COCCOc1cc(O)c2c(c1)OC(C)(C)[C@@H]1CCC(C)=CC21. The van der Waals surface area contributed by atoms with Crippen LogP contribution in [0.5, 0.6) is 17.2 Å². The van der Waals surface area contributed by atoms with Crippen LogP contribution in [0.3, 0.4) is 0 Å². The molecule has 1 aromatic carbocycles. The van der Waals surface area contributed by atoms with E-state index in [1.165, 1.54) is 5.57 Å². The fourth-order valence-corrected chi connectivity index (χ4v) is 3.83. The number of aromatic hydroxyl groups is 1. The van der Waals surface area contributed by atoms with E-state index in [9.17, 15) is 5.11 Å². The fourth-order valence-electron chi connectivity index (χ4n) is 3.83. The van der Waals surface area contributed by atoms with Crippen molar-refractivity contribution in [2.24, 2.45) is 5.92 Å². The molecule has 4 nitrogen and oxygen atoms in total. The fraction of sp³-hybridized carbons (Fsp3) is 0.579. The summed E-state index contributed by atoms with van der Waals surface area (Å²) in [7, 11) is 1.64. The number of benzene rings is 1. The standard InChI is InChI=1S/C19H26O4/c1-12-5-6-15-14(9-12)18-16(20)10-13(22-8-7-21-4)11-17(18)23-19(15,2)3/h9-11,14-15,20H,5-8H2,1-4H3/t14?,15-/m1/s1. The average Bonchev–Trinajstić information content (AvgIpc) is 2.46. The quantitative estimate of drug-likeness (QED) is 0.672. The van der Waals surface area contributed by atoms with Crippen LogP contribution in [0.25, 0.3) is 0 Å². The third-order valence-electron chi connectivity index (χ3n) is 5.00. The van der Waals surface area contributed by atoms with Crippen LogP contribution in [0.2, 0.25) is 0 Å². The molecule has 1 aliphatic heterocycles. The van der Waals surface area contributed by atoms with Crippen molar-refractivity contribution in [1.29, 1.82) is 0 Å². The molecule has 2 atom stereocenters. The van der Waals surface area contributed by atoms with Gasteiger partial charge in [-0.15, -0.1) is 0 Å². The predicted octanol–water partition coefficient (Wildman–Crippen LogP) is 4.03. The molecular weight excluding hydrogens is 292 g/mol. The van der Waals surface area contributed by atoms with Gasteiger partial charge in [-0.1, -0.05) is 11.6 Å². The molecule has 3 rings (SSSR count).